The lowest BCUT2D eigenvalue weighted by molar-refractivity contribution is 0.508. The molecule has 4 nitrogen and oxygen atoms in total. The Hall–Kier alpha value is -1.84. The molecule has 2 rings (SSSR count). The Balaban J connectivity index is 2.09. The number of nitrogens with zero attached hydrogens (tertiary/aromatic N) is 1. The first-order chi connectivity index (χ1) is 9.24. The van der Waals surface area contributed by atoms with Crippen LogP contribution in [0.25, 0.3) is 11.1 Å². The molecular weight excluding hydrogens is 238 g/mol. The quantitative estimate of drug-likeness (QED) is 0.614. The topological polar surface area (TPSA) is 61.9 Å². The third kappa shape index (κ3) is 3.34. The molecular formula is C15H21N3O. The van der Waals surface area contributed by atoms with Crippen LogP contribution in [-0.4, -0.2) is 16.9 Å². The van der Waals surface area contributed by atoms with Crippen LogP contribution in [-0.2, 0) is 0 Å². The number of aromatic nitrogens is 1. The lowest BCUT2D eigenvalue weighted by Gasteiger charge is -2.19. The highest BCUT2D eigenvalue weighted by Gasteiger charge is 2.10. The highest BCUT2D eigenvalue weighted by Crippen LogP contribution is 2.15. The predicted octanol–water partition coefficient (Wildman–Crippen LogP) is 3.71. The summed E-state index contributed by atoms with van der Waals surface area (Å²) in [5.41, 5.74) is 2.41. The number of benzene rings is 1. The van der Waals surface area contributed by atoms with Crippen LogP contribution in [0.5, 0.6) is 0 Å². The summed E-state index contributed by atoms with van der Waals surface area (Å²) in [7, 11) is 0. The first-order valence-corrected chi connectivity index (χ1v) is 6.93. The molecule has 0 spiro atoms. The van der Waals surface area contributed by atoms with Gasteiger partial charge in [0.05, 0.1) is 0 Å². The normalized spacial score (nSPS) is 11.1. The fraction of sp³-hybridized carbons (Fsp3) is 0.467. The van der Waals surface area contributed by atoms with Gasteiger partial charge in [-0.3, -0.25) is 5.41 Å². The maximum absolute atomic E-state index is 8.17. The van der Waals surface area contributed by atoms with E-state index < -0.39 is 0 Å². The van der Waals surface area contributed by atoms with Gasteiger partial charge in [0.15, 0.2) is 12.0 Å². The highest BCUT2D eigenvalue weighted by molar-refractivity contribution is 5.98. The lowest BCUT2D eigenvalue weighted by Crippen LogP contribution is -2.34. The van der Waals surface area contributed by atoms with Crippen molar-refractivity contribution < 1.29 is 4.42 Å². The van der Waals surface area contributed by atoms with E-state index in [4.69, 9.17) is 9.83 Å². The van der Waals surface area contributed by atoms with Crippen molar-refractivity contribution in [2.75, 3.05) is 0 Å². The Morgan fingerprint density at radius 3 is 2.74 bits per heavy atom. The maximum Gasteiger partial charge on any atom is 0.181 e. The summed E-state index contributed by atoms with van der Waals surface area (Å²) in [4.78, 5) is 4.08. The number of fused-ring (bicyclic) bond motifs is 1. The van der Waals surface area contributed by atoms with Gasteiger partial charge < -0.3 is 9.73 Å². The van der Waals surface area contributed by atoms with Crippen LogP contribution in [0.1, 0.15) is 45.1 Å². The molecule has 102 valence electrons. The minimum absolute atomic E-state index is 0.382. The SMILES string of the molecule is CCCC(CCC)NC(=N)c1ccc2ncoc2c1. The summed E-state index contributed by atoms with van der Waals surface area (Å²) in [6.07, 6.45) is 5.89. The number of rotatable bonds is 6. The van der Waals surface area contributed by atoms with E-state index in [1.54, 1.807) is 0 Å². The smallest absolute Gasteiger partial charge is 0.181 e. The lowest BCUT2D eigenvalue weighted by atomic mass is 10.1. The van der Waals surface area contributed by atoms with Gasteiger partial charge in [-0.25, -0.2) is 4.98 Å². The summed E-state index contributed by atoms with van der Waals surface area (Å²) in [6.45, 7) is 4.35. The average Bonchev–Trinajstić information content (AvgIpc) is 2.86. The van der Waals surface area contributed by atoms with Gasteiger partial charge in [0.25, 0.3) is 0 Å². The summed E-state index contributed by atoms with van der Waals surface area (Å²) in [5.74, 6) is 0.463. The third-order valence-corrected chi connectivity index (χ3v) is 3.24. The van der Waals surface area contributed by atoms with E-state index in [1.807, 2.05) is 18.2 Å². The van der Waals surface area contributed by atoms with Crippen molar-refractivity contribution in [2.45, 2.75) is 45.6 Å². The third-order valence-electron chi connectivity index (χ3n) is 3.24. The standard InChI is InChI=1S/C15H21N3O/c1-3-5-12(6-4-2)18-15(16)11-7-8-13-14(9-11)19-10-17-13/h7-10,12H,3-6H2,1-2H3,(H2,16,18). The van der Waals surface area contributed by atoms with Crippen LogP contribution in [0.4, 0.5) is 0 Å². The average molecular weight is 259 g/mol. The molecule has 1 aromatic carbocycles. The molecule has 1 aromatic heterocycles. The van der Waals surface area contributed by atoms with Gasteiger partial charge in [0, 0.05) is 11.6 Å². The molecule has 4 heteroatoms. The number of hydrogen-bond acceptors (Lipinski definition) is 3. The molecule has 0 aliphatic carbocycles. The van der Waals surface area contributed by atoms with Gasteiger partial charge in [-0.05, 0) is 31.0 Å². The zero-order chi connectivity index (χ0) is 13.7. The van der Waals surface area contributed by atoms with Crippen molar-refractivity contribution >= 4 is 16.9 Å². The zero-order valence-corrected chi connectivity index (χ0v) is 11.6. The number of nitrogens with one attached hydrogen (secondary N) is 2. The summed E-state index contributed by atoms with van der Waals surface area (Å²) >= 11 is 0. The Kier molecular flexibility index (Phi) is 4.55. The van der Waals surface area contributed by atoms with Crippen molar-refractivity contribution in [1.29, 1.82) is 5.41 Å². The molecule has 0 radical (unpaired) electrons. The first-order valence-electron chi connectivity index (χ1n) is 6.93. The van der Waals surface area contributed by atoms with Crippen LogP contribution >= 0.6 is 0 Å². The van der Waals surface area contributed by atoms with Crippen LogP contribution in [0.15, 0.2) is 29.0 Å². The largest absolute Gasteiger partial charge is 0.443 e. The molecule has 0 atom stereocenters. The Morgan fingerprint density at radius 2 is 2.05 bits per heavy atom. The molecule has 0 aliphatic rings. The van der Waals surface area contributed by atoms with E-state index in [9.17, 15) is 0 Å². The van der Waals surface area contributed by atoms with Gasteiger partial charge in [-0.1, -0.05) is 26.7 Å². The minimum atomic E-state index is 0.382. The predicted molar refractivity (Wildman–Crippen MR) is 77.6 cm³/mol. The molecule has 0 bridgehead atoms. The van der Waals surface area contributed by atoms with Gasteiger partial charge in [0.2, 0.25) is 0 Å². The first kappa shape index (κ1) is 13.6. The molecule has 0 fully saturated rings. The molecule has 0 amide bonds. The Bertz CT molecular complexity index is 541. The van der Waals surface area contributed by atoms with Crippen LogP contribution in [0.3, 0.4) is 0 Å². The number of oxazole rings is 1. The van der Waals surface area contributed by atoms with Gasteiger partial charge >= 0.3 is 0 Å². The van der Waals surface area contributed by atoms with Gasteiger partial charge in [-0.15, -0.1) is 0 Å². The van der Waals surface area contributed by atoms with Crippen molar-refractivity contribution in [3.63, 3.8) is 0 Å². The van der Waals surface area contributed by atoms with E-state index in [-0.39, 0.29) is 0 Å². The van der Waals surface area contributed by atoms with Crippen molar-refractivity contribution in [1.82, 2.24) is 10.3 Å². The number of amidine groups is 1. The van der Waals surface area contributed by atoms with E-state index in [0.717, 1.165) is 42.3 Å². The van der Waals surface area contributed by atoms with E-state index in [2.05, 4.69) is 24.1 Å². The summed E-state index contributed by atoms with van der Waals surface area (Å²) in [5, 5.41) is 11.5. The molecule has 1 heterocycles. The van der Waals surface area contributed by atoms with Gasteiger partial charge in [-0.2, -0.15) is 0 Å². The van der Waals surface area contributed by atoms with Gasteiger partial charge in [0.1, 0.15) is 11.4 Å². The van der Waals surface area contributed by atoms with E-state index >= 15 is 0 Å². The van der Waals surface area contributed by atoms with Crippen LogP contribution in [0.2, 0.25) is 0 Å². The highest BCUT2D eigenvalue weighted by atomic mass is 16.3. The zero-order valence-electron chi connectivity index (χ0n) is 11.6. The van der Waals surface area contributed by atoms with Crippen molar-refractivity contribution in [3.05, 3.63) is 30.2 Å². The van der Waals surface area contributed by atoms with Crippen molar-refractivity contribution in [2.24, 2.45) is 0 Å². The van der Waals surface area contributed by atoms with E-state index in [0.29, 0.717) is 11.9 Å². The monoisotopic (exact) mass is 259 g/mol. The van der Waals surface area contributed by atoms with Crippen molar-refractivity contribution in [3.8, 4) is 0 Å². The molecule has 0 unspecified atom stereocenters. The maximum atomic E-state index is 8.17. The molecule has 19 heavy (non-hydrogen) atoms. The summed E-state index contributed by atoms with van der Waals surface area (Å²) < 4.78 is 5.27. The second-order valence-corrected chi connectivity index (χ2v) is 4.83. The van der Waals surface area contributed by atoms with E-state index in [1.165, 1.54) is 6.39 Å². The molecule has 0 aliphatic heterocycles. The van der Waals surface area contributed by atoms with Crippen LogP contribution in [0, 0.1) is 5.41 Å². The Morgan fingerprint density at radius 1 is 1.32 bits per heavy atom. The second-order valence-electron chi connectivity index (χ2n) is 4.83. The number of hydrogen-bond donors (Lipinski definition) is 2. The van der Waals surface area contributed by atoms with Crippen LogP contribution < -0.4 is 5.32 Å². The fourth-order valence-electron chi connectivity index (χ4n) is 2.28. The molecule has 2 aromatic rings. The molecule has 0 saturated carbocycles. The summed E-state index contributed by atoms with van der Waals surface area (Å²) in [6, 6.07) is 6.05. The molecule has 2 N–H and O–H groups in total. The molecule has 0 saturated heterocycles. The Labute approximate surface area is 113 Å². The minimum Gasteiger partial charge on any atom is -0.443 e. The second kappa shape index (κ2) is 6.36. The fourth-order valence-corrected chi connectivity index (χ4v) is 2.28.